The minimum absolute atomic E-state index is 0.0508. The molecule has 0 saturated heterocycles. The van der Waals surface area contributed by atoms with Gasteiger partial charge in [0.05, 0.1) is 26.4 Å². The fourth-order valence-electron chi connectivity index (χ4n) is 5.25. The molecule has 0 fully saturated rings. The molecule has 0 rings (SSSR count). The number of phosphoric acid groups is 2. The van der Waals surface area contributed by atoms with Crippen molar-refractivity contribution in [2.24, 2.45) is 0 Å². The molecule has 0 spiro atoms. The van der Waals surface area contributed by atoms with Crippen molar-refractivity contribution < 1.29 is 80.2 Å². The van der Waals surface area contributed by atoms with Gasteiger partial charge in [-0.25, -0.2) is 9.13 Å². The Morgan fingerprint density at radius 2 is 0.741 bits per heavy atom. The molecule has 0 bridgehead atoms. The summed E-state index contributed by atoms with van der Waals surface area (Å²) >= 11 is 0. The second-order valence-electron chi connectivity index (χ2n) is 14.3. The average Bonchev–Trinajstić information content (AvgIpc) is 3.19. The second-order valence-corrected chi connectivity index (χ2v) is 17.2. The molecule has 5 atom stereocenters. The lowest BCUT2D eigenvalue weighted by molar-refractivity contribution is -0.161. The Morgan fingerprint density at radius 1 is 0.431 bits per heavy atom. The normalized spacial score (nSPS) is 15.1. The molecule has 0 aromatic rings. The van der Waals surface area contributed by atoms with Crippen LogP contribution >= 0.6 is 15.6 Å². The molecule has 0 aliphatic carbocycles. The smallest absolute Gasteiger partial charge is 0.462 e. The van der Waals surface area contributed by atoms with E-state index in [-0.39, 0.29) is 25.7 Å². The van der Waals surface area contributed by atoms with Gasteiger partial charge in [-0.1, -0.05) is 124 Å². The zero-order chi connectivity index (χ0) is 43.5. The van der Waals surface area contributed by atoms with Crippen LogP contribution in [0.4, 0.5) is 0 Å². The maximum atomic E-state index is 12.6. The van der Waals surface area contributed by atoms with Gasteiger partial charge in [-0.15, -0.1) is 0 Å². The number of unbranched alkanes of at least 4 members (excludes halogenated alkanes) is 15. The number of phosphoric ester groups is 2. The van der Waals surface area contributed by atoms with Crippen molar-refractivity contribution >= 4 is 39.5 Å². The first-order chi connectivity index (χ1) is 27.7. The molecule has 17 nitrogen and oxygen atoms in total. The van der Waals surface area contributed by atoms with E-state index in [0.29, 0.717) is 19.3 Å². The Balaban J connectivity index is 4.97. The minimum atomic E-state index is -4.89. The molecular formula is C39H74O17P2. The first-order valence-corrected chi connectivity index (χ1v) is 24.3. The average molecular weight is 877 g/mol. The monoisotopic (exact) mass is 876 g/mol. The summed E-state index contributed by atoms with van der Waals surface area (Å²) in [6.07, 6.45) is 13.5. The molecule has 342 valence electrons. The molecule has 19 heteroatoms. The third-order valence-corrected chi connectivity index (χ3v) is 10.6. The maximum Gasteiger partial charge on any atom is 0.472 e. The van der Waals surface area contributed by atoms with Crippen LogP contribution in [0.15, 0.2) is 0 Å². The maximum absolute atomic E-state index is 12.6. The van der Waals surface area contributed by atoms with Crippen LogP contribution in [-0.4, -0.2) is 96.7 Å². The van der Waals surface area contributed by atoms with Gasteiger partial charge in [-0.3, -0.25) is 37.3 Å². The molecule has 0 heterocycles. The Labute approximate surface area is 346 Å². The van der Waals surface area contributed by atoms with E-state index in [1.807, 2.05) is 6.92 Å². The number of ether oxygens (including phenoxy) is 4. The van der Waals surface area contributed by atoms with Gasteiger partial charge in [0.15, 0.2) is 12.2 Å². The lowest BCUT2D eigenvalue weighted by atomic mass is 10.1. The van der Waals surface area contributed by atoms with Gasteiger partial charge in [0, 0.05) is 25.7 Å². The summed E-state index contributed by atoms with van der Waals surface area (Å²) in [5.74, 6) is -2.29. The molecule has 0 saturated carbocycles. The number of carbonyl (C=O) groups is 4. The molecule has 2 unspecified atom stereocenters. The van der Waals surface area contributed by atoms with E-state index >= 15 is 0 Å². The van der Waals surface area contributed by atoms with E-state index in [1.165, 1.54) is 12.8 Å². The summed E-state index contributed by atoms with van der Waals surface area (Å²) < 4.78 is 65.5. The summed E-state index contributed by atoms with van der Waals surface area (Å²) in [7, 11) is -9.78. The number of rotatable bonds is 40. The largest absolute Gasteiger partial charge is 0.472 e. The molecule has 0 aliphatic rings. The summed E-state index contributed by atoms with van der Waals surface area (Å²) in [4.78, 5) is 69.2. The van der Waals surface area contributed by atoms with Crippen LogP contribution < -0.4 is 0 Å². The van der Waals surface area contributed by atoms with Crippen molar-refractivity contribution in [2.45, 2.75) is 187 Å². The van der Waals surface area contributed by atoms with Crippen molar-refractivity contribution in [3.8, 4) is 0 Å². The number of carbonyl (C=O) groups excluding carboxylic acids is 4. The highest BCUT2D eigenvalue weighted by atomic mass is 31.2. The predicted octanol–water partition coefficient (Wildman–Crippen LogP) is 8.19. The Hall–Kier alpha value is -1.94. The summed E-state index contributed by atoms with van der Waals surface area (Å²) in [6.45, 7) is 3.86. The minimum Gasteiger partial charge on any atom is -0.462 e. The predicted molar refractivity (Wildman–Crippen MR) is 215 cm³/mol. The fraction of sp³-hybridized carbons (Fsp3) is 0.897. The third-order valence-electron chi connectivity index (χ3n) is 8.66. The van der Waals surface area contributed by atoms with Crippen LogP contribution in [0, 0.1) is 0 Å². The quantitative estimate of drug-likeness (QED) is 0.0228. The van der Waals surface area contributed by atoms with Crippen molar-refractivity contribution in [1.29, 1.82) is 0 Å². The third kappa shape index (κ3) is 34.9. The number of hydrogen-bond acceptors (Lipinski definition) is 15. The van der Waals surface area contributed by atoms with Crippen LogP contribution in [0.25, 0.3) is 0 Å². The van der Waals surface area contributed by atoms with Gasteiger partial charge in [0.1, 0.15) is 19.3 Å². The highest BCUT2D eigenvalue weighted by Crippen LogP contribution is 2.45. The molecule has 0 aromatic carbocycles. The molecule has 58 heavy (non-hydrogen) atoms. The summed E-state index contributed by atoms with van der Waals surface area (Å²) in [5, 5.41) is 10.2. The van der Waals surface area contributed by atoms with E-state index in [0.717, 1.165) is 83.5 Å². The van der Waals surface area contributed by atoms with Crippen molar-refractivity contribution in [3.05, 3.63) is 0 Å². The Bertz CT molecular complexity index is 1190. The summed E-state index contributed by atoms with van der Waals surface area (Å²) in [6, 6.07) is 0. The van der Waals surface area contributed by atoms with Crippen LogP contribution in [0.2, 0.25) is 0 Å². The van der Waals surface area contributed by atoms with E-state index in [9.17, 15) is 43.2 Å². The van der Waals surface area contributed by atoms with Gasteiger partial charge in [0.25, 0.3) is 0 Å². The molecular weight excluding hydrogens is 802 g/mol. The number of aliphatic hydroxyl groups is 1. The van der Waals surface area contributed by atoms with Gasteiger partial charge in [-0.2, -0.15) is 0 Å². The number of aliphatic hydroxyl groups excluding tert-OH is 1. The van der Waals surface area contributed by atoms with E-state index in [4.69, 9.17) is 37.0 Å². The topological polar surface area (TPSA) is 237 Å². The zero-order valence-corrected chi connectivity index (χ0v) is 37.3. The van der Waals surface area contributed by atoms with Gasteiger partial charge in [0.2, 0.25) is 0 Å². The van der Waals surface area contributed by atoms with Gasteiger partial charge in [-0.05, 0) is 19.3 Å². The second kappa shape index (κ2) is 35.8. The first kappa shape index (κ1) is 56.1. The molecule has 0 aliphatic heterocycles. The standard InChI is InChI=1S/C39H74O17P2/c1-5-9-12-15-17-18-20-23-26-38(43)55-34(29-49-36(41)8-4)31-53-57(45,46)51-27-33(40)28-52-58(47,48)54-32-35(30-50-37(42)24-21-14-11-7-3)56-39(44)25-22-19-16-13-10-6-2/h33-35,40H,5-32H2,1-4H3,(H,45,46)(H,47,48)/t33-,34-,35-/m1/s1. The van der Waals surface area contributed by atoms with Crippen molar-refractivity contribution in [1.82, 2.24) is 0 Å². The fourth-order valence-corrected chi connectivity index (χ4v) is 6.83. The Morgan fingerprint density at radius 3 is 1.12 bits per heavy atom. The van der Waals surface area contributed by atoms with E-state index in [1.54, 1.807) is 6.92 Å². The first-order valence-electron chi connectivity index (χ1n) is 21.3. The SMILES string of the molecule is CCCCCCCCCCC(=O)O[C@H](COC(=O)CC)COP(=O)(O)OC[C@@H](O)COP(=O)(O)OC[C@@H](COC(=O)CCCCCC)OC(=O)CCCCCCCC. The molecule has 0 radical (unpaired) electrons. The summed E-state index contributed by atoms with van der Waals surface area (Å²) in [5.41, 5.74) is 0. The van der Waals surface area contributed by atoms with Crippen LogP contribution in [-0.2, 0) is 65.4 Å². The lowest BCUT2D eigenvalue weighted by Crippen LogP contribution is -2.30. The van der Waals surface area contributed by atoms with Gasteiger partial charge >= 0.3 is 39.5 Å². The van der Waals surface area contributed by atoms with Gasteiger partial charge < -0.3 is 33.8 Å². The van der Waals surface area contributed by atoms with Crippen molar-refractivity contribution in [3.63, 3.8) is 0 Å². The highest BCUT2D eigenvalue weighted by Gasteiger charge is 2.30. The van der Waals surface area contributed by atoms with Crippen LogP contribution in [0.3, 0.4) is 0 Å². The molecule has 3 N–H and O–H groups in total. The Kier molecular flexibility index (Phi) is 34.6. The molecule has 0 aromatic heterocycles. The van der Waals surface area contributed by atoms with E-state index < -0.39 is 97.5 Å². The molecule has 0 amide bonds. The highest BCUT2D eigenvalue weighted by molar-refractivity contribution is 7.47. The van der Waals surface area contributed by atoms with Crippen molar-refractivity contribution in [2.75, 3.05) is 39.6 Å². The lowest BCUT2D eigenvalue weighted by Gasteiger charge is -2.21. The van der Waals surface area contributed by atoms with E-state index in [2.05, 4.69) is 13.8 Å². The van der Waals surface area contributed by atoms with Crippen LogP contribution in [0.1, 0.15) is 169 Å². The van der Waals surface area contributed by atoms with Crippen LogP contribution in [0.5, 0.6) is 0 Å². The number of esters is 4. The zero-order valence-electron chi connectivity index (χ0n) is 35.5. The number of hydrogen-bond donors (Lipinski definition) is 3.